The molecule has 0 heterocycles. The first-order chi connectivity index (χ1) is 18.4. The zero-order valence-corrected chi connectivity index (χ0v) is 24.6. The Balaban J connectivity index is 2.04. The van der Waals surface area contributed by atoms with Crippen molar-refractivity contribution in [3.05, 3.63) is 94.0 Å². The maximum atomic E-state index is 13.9. The molecule has 0 fully saturated rings. The molecule has 0 aliphatic heterocycles. The molecule has 1 N–H and O–H groups in total. The van der Waals surface area contributed by atoms with Crippen LogP contribution in [0.4, 0.5) is 5.69 Å². The largest absolute Gasteiger partial charge is 0.354 e. The van der Waals surface area contributed by atoms with Gasteiger partial charge in [0.15, 0.2) is 0 Å². The van der Waals surface area contributed by atoms with E-state index in [1.165, 1.54) is 17.0 Å². The van der Waals surface area contributed by atoms with Gasteiger partial charge in [-0.3, -0.25) is 13.9 Å². The maximum Gasteiger partial charge on any atom is 0.264 e. The number of nitrogens with one attached hydrogen (secondary N) is 1. The molecule has 9 heteroatoms. The van der Waals surface area contributed by atoms with Crippen LogP contribution in [0.15, 0.2) is 71.6 Å². The predicted molar refractivity (Wildman–Crippen MR) is 156 cm³/mol. The molecule has 39 heavy (non-hydrogen) atoms. The number of carbonyl (C=O) groups is 2. The first-order valence-corrected chi connectivity index (χ1v) is 14.7. The number of halogens is 1. The van der Waals surface area contributed by atoms with Crippen LogP contribution in [0, 0.1) is 20.8 Å². The van der Waals surface area contributed by atoms with Crippen LogP contribution in [0.1, 0.15) is 42.5 Å². The predicted octanol–water partition coefficient (Wildman–Crippen LogP) is 5.40. The Morgan fingerprint density at radius 2 is 1.56 bits per heavy atom. The molecule has 7 nitrogen and oxygen atoms in total. The van der Waals surface area contributed by atoms with Gasteiger partial charge in [0.05, 0.1) is 10.6 Å². The second-order valence-electron chi connectivity index (χ2n) is 9.71. The Hall–Kier alpha value is -3.36. The number of hydrogen-bond donors (Lipinski definition) is 1. The molecule has 3 rings (SSSR count). The van der Waals surface area contributed by atoms with Crippen molar-refractivity contribution >= 4 is 39.1 Å². The number of carbonyl (C=O) groups excluding carboxylic acids is 2. The van der Waals surface area contributed by atoms with E-state index in [0.717, 1.165) is 33.0 Å². The van der Waals surface area contributed by atoms with Crippen LogP contribution < -0.4 is 9.62 Å². The quantitative estimate of drug-likeness (QED) is 0.335. The number of benzene rings is 3. The Morgan fingerprint density at radius 1 is 0.923 bits per heavy atom. The monoisotopic (exact) mass is 569 g/mol. The lowest BCUT2D eigenvalue weighted by Gasteiger charge is -2.32. The number of rotatable bonds is 11. The molecule has 0 saturated heterocycles. The number of anilines is 1. The summed E-state index contributed by atoms with van der Waals surface area (Å²) >= 11 is 6.04. The molecule has 0 unspecified atom stereocenters. The van der Waals surface area contributed by atoms with Crippen LogP contribution in [0.2, 0.25) is 5.02 Å². The third-order valence-corrected chi connectivity index (χ3v) is 8.69. The molecule has 0 saturated carbocycles. The van der Waals surface area contributed by atoms with Gasteiger partial charge in [-0.15, -0.1) is 0 Å². The Labute approximate surface area is 236 Å². The van der Waals surface area contributed by atoms with Gasteiger partial charge in [-0.05, 0) is 87.2 Å². The van der Waals surface area contributed by atoms with E-state index in [4.69, 9.17) is 11.6 Å². The highest BCUT2D eigenvalue weighted by molar-refractivity contribution is 7.92. The van der Waals surface area contributed by atoms with Gasteiger partial charge in [0.1, 0.15) is 12.6 Å². The summed E-state index contributed by atoms with van der Waals surface area (Å²) in [5.74, 6) is -0.809. The lowest BCUT2D eigenvalue weighted by atomic mass is 10.1. The topological polar surface area (TPSA) is 86.8 Å². The first kappa shape index (κ1) is 30.2. The molecule has 0 spiro atoms. The normalized spacial score (nSPS) is 12.1. The smallest absolute Gasteiger partial charge is 0.264 e. The molecule has 0 aromatic heterocycles. The van der Waals surface area contributed by atoms with E-state index < -0.39 is 28.5 Å². The molecule has 0 aliphatic rings. The van der Waals surface area contributed by atoms with Gasteiger partial charge in [-0.1, -0.05) is 54.4 Å². The van der Waals surface area contributed by atoms with E-state index >= 15 is 0 Å². The fourth-order valence-electron chi connectivity index (χ4n) is 4.01. The lowest BCUT2D eigenvalue weighted by molar-refractivity contribution is -0.139. The van der Waals surface area contributed by atoms with Gasteiger partial charge in [-0.25, -0.2) is 8.42 Å². The van der Waals surface area contributed by atoms with Gasteiger partial charge in [-0.2, -0.15) is 0 Å². The highest BCUT2D eigenvalue weighted by atomic mass is 35.5. The summed E-state index contributed by atoms with van der Waals surface area (Å²) in [5, 5.41) is 3.39. The second kappa shape index (κ2) is 13.1. The van der Waals surface area contributed by atoms with Gasteiger partial charge in [0.2, 0.25) is 11.8 Å². The summed E-state index contributed by atoms with van der Waals surface area (Å²) in [5.41, 5.74) is 3.96. The van der Waals surface area contributed by atoms with Crippen molar-refractivity contribution in [3.63, 3.8) is 0 Å². The van der Waals surface area contributed by atoms with E-state index in [2.05, 4.69) is 5.32 Å². The zero-order valence-electron chi connectivity index (χ0n) is 23.1. The minimum absolute atomic E-state index is 0.0807. The molecule has 208 valence electrons. The van der Waals surface area contributed by atoms with Crippen molar-refractivity contribution in [2.45, 2.75) is 58.5 Å². The van der Waals surface area contributed by atoms with Crippen LogP contribution in [0.3, 0.4) is 0 Å². The van der Waals surface area contributed by atoms with Gasteiger partial charge < -0.3 is 10.2 Å². The Bertz CT molecular complexity index is 1410. The Morgan fingerprint density at radius 3 is 2.15 bits per heavy atom. The van der Waals surface area contributed by atoms with Gasteiger partial charge in [0, 0.05) is 18.1 Å². The van der Waals surface area contributed by atoms with Crippen LogP contribution in [-0.4, -0.2) is 44.3 Å². The lowest BCUT2D eigenvalue weighted by Crippen LogP contribution is -2.51. The van der Waals surface area contributed by atoms with Crippen LogP contribution in [-0.2, 0) is 26.2 Å². The summed E-state index contributed by atoms with van der Waals surface area (Å²) in [6.45, 7) is 9.41. The number of aryl methyl sites for hydroxylation is 3. The summed E-state index contributed by atoms with van der Waals surface area (Å²) in [7, 11) is -4.10. The van der Waals surface area contributed by atoms with Crippen molar-refractivity contribution in [3.8, 4) is 0 Å². The summed E-state index contributed by atoms with van der Waals surface area (Å²) < 4.78 is 28.9. The number of nitrogens with zero attached hydrogens (tertiary/aromatic N) is 2. The molecule has 3 aromatic rings. The van der Waals surface area contributed by atoms with E-state index in [-0.39, 0.29) is 17.3 Å². The average Bonchev–Trinajstić information content (AvgIpc) is 2.91. The van der Waals surface area contributed by atoms with Crippen molar-refractivity contribution in [2.24, 2.45) is 0 Å². The van der Waals surface area contributed by atoms with Gasteiger partial charge in [0.25, 0.3) is 10.0 Å². The van der Waals surface area contributed by atoms with Crippen molar-refractivity contribution in [2.75, 3.05) is 17.4 Å². The van der Waals surface area contributed by atoms with E-state index in [1.54, 1.807) is 55.5 Å². The van der Waals surface area contributed by atoms with Crippen LogP contribution in [0.5, 0.6) is 0 Å². The van der Waals surface area contributed by atoms with Crippen LogP contribution in [0.25, 0.3) is 0 Å². The van der Waals surface area contributed by atoms with Crippen molar-refractivity contribution in [1.82, 2.24) is 10.2 Å². The number of sulfonamides is 1. The molecule has 0 radical (unpaired) electrons. The first-order valence-electron chi connectivity index (χ1n) is 12.9. The maximum absolute atomic E-state index is 13.9. The summed E-state index contributed by atoms with van der Waals surface area (Å²) in [4.78, 5) is 28.3. The third kappa shape index (κ3) is 7.61. The Kier molecular flexibility index (Phi) is 10.2. The summed E-state index contributed by atoms with van der Waals surface area (Å²) in [6, 6.07) is 18.0. The SMILES string of the molecule is CCCNC(=O)[C@@H](C)N(Cc1ccc(Cl)cc1)C(=O)CN(c1ccc(C)c(C)c1)S(=O)(=O)c1ccc(C)cc1. The average molecular weight is 570 g/mol. The van der Waals surface area contributed by atoms with E-state index in [0.29, 0.717) is 17.3 Å². The number of hydrogen-bond acceptors (Lipinski definition) is 4. The molecular weight excluding hydrogens is 534 g/mol. The van der Waals surface area contributed by atoms with E-state index in [9.17, 15) is 18.0 Å². The minimum Gasteiger partial charge on any atom is -0.354 e. The second-order valence-corrected chi connectivity index (χ2v) is 12.0. The molecular formula is C30H36ClN3O4S. The highest BCUT2D eigenvalue weighted by Gasteiger charge is 2.32. The van der Waals surface area contributed by atoms with Crippen molar-refractivity contribution < 1.29 is 18.0 Å². The fraction of sp³-hybridized carbons (Fsp3) is 0.333. The standard InChI is InChI=1S/C30H36ClN3O4S/c1-6-17-32-30(36)24(5)33(19-25-10-12-26(31)13-11-25)29(35)20-34(27-14-9-22(3)23(4)18-27)39(37,38)28-15-7-21(2)8-16-28/h7-16,18,24H,6,17,19-20H2,1-5H3,(H,32,36)/t24-/m1/s1. The molecule has 0 bridgehead atoms. The van der Waals surface area contributed by atoms with Crippen LogP contribution >= 0.6 is 11.6 Å². The van der Waals surface area contributed by atoms with E-state index in [1.807, 2.05) is 33.8 Å². The third-order valence-electron chi connectivity index (χ3n) is 6.65. The molecule has 0 aliphatic carbocycles. The zero-order chi connectivity index (χ0) is 28.7. The van der Waals surface area contributed by atoms with Gasteiger partial charge >= 0.3 is 0 Å². The number of amides is 2. The molecule has 2 amide bonds. The van der Waals surface area contributed by atoms with Crippen molar-refractivity contribution in [1.29, 1.82) is 0 Å². The summed E-state index contributed by atoms with van der Waals surface area (Å²) in [6.07, 6.45) is 0.749. The molecule has 1 atom stereocenters. The fourth-order valence-corrected chi connectivity index (χ4v) is 5.54. The minimum atomic E-state index is -4.10. The molecule has 3 aromatic carbocycles. The highest BCUT2D eigenvalue weighted by Crippen LogP contribution is 2.27.